The number of azide groups is 1. The average Bonchev–Trinajstić information content (AvgIpc) is 2.76. The number of hydrogen-bond acceptors (Lipinski definition) is 3. The van der Waals surface area contributed by atoms with Gasteiger partial charge >= 0.3 is 0 Å². The Hall–Kier alpha value is -2.33. The number of H-pyrrole nitrogens is 1. The molecular formula is C9H8N6. The Morgan fingerprint density at radius 3 is 3.07 bits per heavy atom. The average molecular weight is 200 g/mol. The number of hydrogen-bond donors (Lipinski definition) is 1. The molecule has 0 aromatic carbocycles. The molecule has 0 amide bonds. The number of nitrogens with one attached hydrogen (secondary N) is 1. The lowest BCUT2D eigenvalue weighted by Crippen LogP contribution is -1.80. The summed E-state index contributed by atoms with van der Waals surface area (Å²) in [5.74, 6) is 0. The second-order valence-corrected chi connectivity index (χ2v) is 2.88. The van der Waals surface area contributed by atoms with E-state index in [1.54, 1.807) is 6.20 Å². The van der Waals surface area contributed by atoms with Crippen molar-refractivity contribution in [3.05, 3.63) is 46.6 Å². The van der Waals surface area contributed by atoms with Crippen LogP contribution in [0.25, 0.3) is 21.8 Å². The fourth-order valence-electron chi connectivity index (χ4n) is 1.20. The predicted octanol–water partition coefficient (Wildman–Crippen LogP) is 2.28. The highest BCUT2D eigenvalue weighted by atomic mass is 15.2. The van der Waals surface area contributed by atoms with Gasteiger partial charge in [0.2, 0.25) is 0 Å². The quantitative estimate of drug-likeness (QED) is 0.467. The summed E-state index contributed by atoms with van der Waals surface area (Å²) in [4.78, 5) is 6.83. The molecule has 2 aromatic heterocycles. The molecule has 2 heterocycles. The highest BCUT2D eigenvalue weighted by molar-refractivity contribution is 5.53. The molecule has 0 aliphatic carbocycles. The smallest absolute Gasteiger partial charge is 0.111 e. The molecule has 6 nitrogen and oxygen atoms in total. The van der Waals surface area contributed by atoms with Crippen molar-refractivity contribution in [1.82, 2.24) is 15.2 Å². The zero-order valence-corrected chi connectivity index (χ0v) is 7.83. The Morgan fingerprint density at radius 1 is 1.40 bits per heavy atom. The molecule has 74 valence electrons. The van der Waals surface area contributed by atoms with Gasteiger partial charge in [0.05, 0.1) is 12.2 Å². The molecule has 2 aromatic rings. The minimum atomic E-state index is 0.274. The number of rotatable bonds is 3. The molecule has 0 aliphatic rings. The van der Waals surface area contributed by atoms with Crippen LogP contribution in [-0.2, 0) is 6.54 Å². The van der Waals surface area contributed by atoms with Crippen molar-refractivity contribution in [2.45, 2.75) is 6.54 Å². The van der Waals surface area contributed by atoms with Crippen LogP contribution in [-0.4, -0.2) is 15.2 Å². The molecular weight excluding hydrogens is 192 g/mol. The molecule has 15 heavy (non-hydrogen) atoms. The van der Waals surface area contributed by atoms with Crippen LogP contribution in [0, 0.1) is 0 Å². The van der Waals surface area contributed by atoms with E-state index >= 15 is 0 Å². The summed E-state index contributed by atoms with van der Waals surface area (Å²) in [6, 6.07) is 7.42. The largest absolute Gasteiger partial charge is 0.282 e. The van der Waals surface area contributed by atoms with Gasteiger partial charge in [-0.05, 0) is 23.7 Å². The third-order valence-electron chi connectivity index (χ3n) is 1.86. The highest BCUT2D eigenvalue weighted by Gasteiger charge is 2.03. The van der Waals surface area contributed by atoms with Crippen molar-refractivity contribution in [2.24, 2.45) is 5.11 Å². The van der Waals surface area contributed by atoms with E-state index < -0.39 is 0 Å². The van der Waals surface area contributed by atoms with E-state index in [9.17, 15) is 0 Å². The second kappa shape index (κ2) is 4.26. The van der Waals surface area contributed by atoms with Crippen molar-refractivity contribution < 1.29 is 0 Å². The van der Waals surface area contributed by atoms with Crippen molar-refractivity contribution in [3.63, 3.8) is 0 Å². The lowest BCUT2D eigenvalue weighted by Gasteiger charge is -1.91. The first kappa shape index (κ1) is 9.23. The molecule has 1 N–H and O–H groups in total. The van der Waals surface area contributed by atoms with Crippen LogP contribution in [0.4, 0.5) is 0 Å². The van der Waals surface area contributed by atoms with Gasteiger partial charge < -0.3 is 0 Å². The van der Waals surface area contributed by atoms with Gasteiger partial charge in [-0.3, -0.25) is 10.1 Å². The zero-order valence-electron chi connectivity index (χ0n) is 7.83. The van der Waals surface area contributed by atoms with E-state index in [-0.39, 0.29) is 6.54 Å². The number of aromatic amines is 1. The van der Waals surface area contributed by atoms with Crippen molar-refractivity contribution in [2.75, 3.05) is 0 Å². The molecule has 0 spiro atoms. The summed E-state index contributed by atoms with van der Waals surface area (Å²) in [5.41, 5.74) is 10.5. The van der Waals surface area contributed by atoms with Crippen LogP contribution in [0.1, 0.15) is 5.69 Å². The minimum Gasteiger partial charge on any atom is -0.282 e. The summed E-state index contributed by atoms with van der Waals surface area (Å²) in [5, 5.41) is 10.3. The Morgan fingerprint density at radius 2 is 2.33 bits per heavy atom. The number of pyridine rings is 1. The Balaban J connectivity index is 2.24. The molecule has 0 saturated carbocycles. The van der Waals surface area contributed by atoms with Crippen LogP contribution in [0.15, 0.2) is 35.6 Å². The van der Waals surface area contributed by atoms with Gasteiger partial charge in [-0.1, -0.05) is 11.2 Å². The summed E-state index contributed by atoms with van der Waals surface area (Å²) >= 11 is 0. The van der Waals surface area contributed by atoms with E-state index in [1.807, 2.05) is 24.3 Å². The maximum atomic E-state index is 8.16. The highest BCUT2D eigenvalue weighted by Crippen LogP contribution is 2.14. The third-order valence-corrected chi connectivity index (χ3v) is 1.86. The lowest BCUT2D eigenvalue weighted by atomic mass is 10.2. The SMILES string of the molecule is [N-]=[N+]=NCc1cc(-c2ccccn2)n[nH]1. The monoisotopic (exact) mass is 200 g/mol. The standard InChI is InChI=1S/C9H8N6/c10-15-12-6-7-5-9(14-13-7)8-3-1-2-4-11-8/h1-5H,6H2,(H,13,14). The van der Waals surface area contributed by atoms with E-state index in [0.717, 1.165) is 17.1 Å². The van der Waals surface area contributed by atoms with Crippen LogP contribution >= 0.6 is 0 Å². The van der Waals surface area contributed by atoms with Gasteiger partial charge in [-0.15, -0.1) is 0 Å². The topological polar surface area (TPSA) is 90.3 Å². The fraction of sp³-hybridized carbons (Fsp3) is 0.111. The first-order valence-electron chi connectivity index (χ1n) is 4.36. The van der Waals surface area contributed by atoms with Gasteiger partial charge in [-0.2, -0.15) is 5.10 Å². The Kier molecular flexibility index (Phi) is 2.62. The van der Waals surface area contributed by atoms with Crippen LogP contribution in [0.2, 0.25) is 0 Å². The molecule has 0 radical (unpaired) electrons. The Bertz CT molecular complexity index is 482. The second-order valence-electron chi connectivity index (χ2n) is 2.88. The van der Waals surface area contributed by atoms with Crippen LogP contribution < -0.4 is 0 Å². The van der Waals surface area contributed by atoms with Gasteiger partial charge in [0.1, 0.15) is 5.69 Å². The maximum Gasteiger partial charge on any atom is 0.111 e. The zero-order chi connectivity index (χ0) is 10.5. The van der Waals surface area contributed by atoms with Gasteiger partial charge in [0.25, 0.3) is 0 Å². The van der Waals surface area contributed by atoms with E-state index in [0.29, 0.717) is 0 Å². The Labute approximate surface area is 85.6 Å². The predicted molar refractivity (Wildman–Crippen MR) is 54.7 cm³/mol. The first-order valence-corrected chi connectivity index (χ1v) is 4.36. The third kappa shape index (κ3) is 2.12. The normalized spacial score (nSPS) is 9.60. The van der Waals surface area contributed by atoms with Gasteiger partial charge in [0.15, 0.2) is 0 Å². The molecule has 0 saturated heterocycles. The lowest BCUT2D eigenvalue weighted by molar-refractivity contribution is 0.938. The van der Waals surface area contributed by atoms with E-state index in [4.69, 9.17) is 5.53 Å². The summed E-state index contributed by atoms with van der Waals surface area (Å²) in [7, 11) is 0. The number of aromatic nitrogens is 3. The molecule has 0 fully saturated rings. The van der Waals surface area contributed by atoms with Crippen molar-refractivity contribution >= 4 is 0 Å². The van der Waals surface area contributed by atoms with Crippen LogP contribution in [0.5, 0.6) is 0 Å². The first-order chi connectivity index (χ1) is 7.40. The van der Waals surface area contributed by atoms with Gasteiger partial charge in [-0.25, -0.2) is 0 Å². The molecule has 2 rings (SSSR count). The minimum absolute atomic E-state index is 0.274. The molecule has 0 unspecified atom stereocenters. The molecule has 0 bridgehead atoms. The summed E-state index contributed by atoms with van der Waals surface area (Å²) in [6.07, 6.45) is 1.71. The maximum absolute atomic E-state index is 8.16. The number of nitrogens with zero attached hydrogens (tertiary/aromatic N) is 5. The summed E-state index contributed by atoms with van der Waals surface area (Å²) < 4.78 is 0. The fourth-order valence-corrected chi connectivity index (χ4v) is 1.20. The van der Waals surface area contributed by atoms with E-state index in [2.05, 4.69) is 25.2 Å². The molecule has 0 aliphatic heterocycles. The van der Waals surface area contributed by atoms with Crippen molar-refractivity contribution in [1.29, 1.82) is 0 Å². The summed E-state index contributed by atoms with van der Waals surface area (Å²) in [6.45, 7) is 0.274. The van der Waals surface area contributed by atoms with E-state index in [1.165, 1.54) is 0 Å². The van der Waals surface area contributed by atoms with Crippen LogP contribution in [0.3, 0.4) is 0 Å². The molecule has 6 heteroatoms. The molecule has 0 atom stereocenters. The van der Waals surface area contributed by atoms with Crippen molar-refractivity contribution in [3.8, 4) is 11.4 Å². The van der Waals surface area contributed by atoms with Gasteiger partial charge in [0, 0.05) is 16.8 Å².